The molecule has 2 N–H and O–H groups in total. The Kier molecular flexibility index (Phi) is 10.2. The molecule has 0 saturated carbocycles. The second kappa shape index (κ2) is 10.7. The first-order valence-electron chi connectivity index (χ1n) is 7.52. The van der Waals surface area contributed by atoms with Crippen LogP contribution < -0.4 is 5.73 Å². The maximum atomic E-state index is 12.6. The Hall–Kier alpha value is -1.14. The van der Waals surface area contributed by atoms with Crippen LogP contribution in [0.15, 0.2) is 36.5 Å². The first-order chi connectivity index (χ1) is 10.5. The number of carbonyl (C=O) groups excluding carboxylic acids is 1. The van der Waals surface area contributed by atoms with E-state index in [9.17, 15) is 4.79 Å². The quantitative estimate of drug-likeness (QED) is 0.815. The summed E-state index contributed by atoms with van der Waals surface area (Å²) >= 11 is 1.66. The number of nitrogens with zero attached hydrogens (tertiary/aromatic N) is 2. The van der Waals surface area contributed by atoms with Crippen molar-refractivity contribution in [1.82, 2.24) is 9.88 Å². The molecule has 1 aromatic heterocycles. The number of aromatic nitrogens is 1. The summed E-state index contributed by atoms with van der Waals surface area (Å²) < 4.78 is 0. The number of amides is 1. The molecule has 0 radical (unpaired) electrons. The van der Waals surface area contributed by atoms with Crippen molar-refractivity contribution in [2.45, 2.75) is 32.9 Å². The number of benzene rings is 1. The van der Waals surface area contributed by atoms with Gasteiger partial charge >= 0.3 is 0 Å². The highest BCUT2D eigenvalue weighted by atomic mass is 35.5. The number of carbonyl (C=O) groups is 1. The van der Waals surface area contributed by atoms with Gasteiger partial charge in [-0.3, -0.25) is 4.79 Å². The van der Waals surface area contributed by atoms with Crippen molar-refractivity contribution >= 4 is 42.1 Å². The van der Waals surface area contributed by atoms with Gasteiger partial charge in [-0.05, 0) is 12.0 Å². The molecule has 24 heavy (non-hydrogen) atoms. The average molecular weight is 390 g/mol. The van der Waals surface area contributed by atoms with E-state index < -0.39 is 0 Å². The summed E-state index contributed by atoms with van der Waals surface area (Å²) in [5.74, 6) is -0.220. The minimum absolute atomic E-state index is 0. The normalized spacial score (nSPS) is 12.5. The van der Waals surface area contributed by atoms with E-state index in [2.05, 4.69) is 11.9 Å². The molecule has 2 atom stereocenters. The third-order valence-electron chi connectivity index (χ3n) is 3.81. The molecule has 7 heteroatoms. The van der Waals surface area contributed by atoms with Gasteiger partial charge in [-0.1, -0.05) is 44.2 Å². The minimum atomic E-state index is -0.293. The highest BCUT2D eigenvalue weighted by Gasteiger charge is 2.25. The first-order valence-corrected chi connectivity index (χ1v) is 8.33. The fraction of sp³-hybridized carbons (Fsp3) is 0.412. The van der Waals surface area contributed by atoms with Crippen molar-refractivity contribution < 1.29 is 4.79 Å². The van der Waals surface area contributed by atoms with Crippen LogP contribution in [-0.2, 0) is 17.8 Å². The molecule has 4 nitrogen and oxygen atoms in total. The molecule has 0 saturated heterocycles. The van der Waals surface area contributed by atoms with Crippen molar-refractivity contribution in [2.75, 3.05) is 7.05 Å². The summed E-state index contributed by atoms with van der Waals surface area (Å²) in [5.41, 5.74) is 7.22. The smallest absolute Gasteiger partial charge is 0.227 e. The standard InChI is InChI=1S/C17H23N3OS.2ClH/c1-4-14-10-19-15(22-14)11-20(3)17(21)12(2)16(18)13-8-6-5-7-9-13;;/h5-10,12,16H,4,11,18H2,1-3H3;2*1H. The molecule has 0 spiro atoms. The lowest BCUT2D eigenvalue weighted by atomic mass is 9.94. The summed E-state index contributed by atoms with van der Waals surface area (Å²) in [6.45, 7) is 4.53. The van der Waals surface area contributed by atoms with Crippen molar-refractivity contribution in [2.24, 2.45) is 11.7 Å². The molecule has 2 rings (SSSR count). The molecule has 0 fully saturated rings. The first kappa shape index (κ1) is 22.9. The Morgan fingerprint density at radius 2 is 1.92 bits per heavy atom. The van der Waals surface area contributed by atoms with Gasteiger partial charge in [-0.15, -0.1) is 36.2 Å². The van der Waals surface area contributed by atoms with Crippen molar-refractivity contribution in [3.63, 3.8) is 0 Å². The molecular formula is C17H25Cl2N3OS. The van der Waals surface area contributed by atoms with Gasteiger partial charge in [0.05, 0.1) is 12.5 Å². The Morgan fingerprint density at radius 1 is 1.29 bits per heavy atom. The van der Waals surface area contributed by atoms with Crippen molar-refractivity contribution in [3.8, 4) is 0 Å². The number of nitrogens with two attached hydrogens (primary N) is 1. The number of aryl methyl sites for hydroxylation is 1. The Labute approximate surface area is 160 Å². The molecule has 0 aliphatic heterocycles. The predicted octanol–water partition coefficient (Wildman–Crippen LogP) is 3.84. The van der Waals surface area contributed by atoms with Crippen LogP contribution in [0.2, 0.25) is 0 Å². The van der Waals surface area contributed by atoms with E-state index in [0.29, 0.717) is 6.54 Å². The summed E-state index contributed by atoms with van der Waals surface area (Å²) in [7, 11) is 1.81. The zero-order chi connectivity index (χ0) is 16.1. The van der Waals surface area contributed by atoms with E-state index >= 15 is 0 Å². The van der Waals surface area contributed by atoms with E-state index in [-0.39, 0.29) is 42.7 Å². The lowest BCUT2D eigenvalue weighted by Gasteiger charge is -2.25. The van der Waals surface area contributed by atoms with Gasteiger partial charge in [0.1, 0.15) is 5.01 Å². The Balaban J connectivity index is 0.00000264. The molecule has 2 aromatic rings. The van der Waals surface area contributed by atoms with Gasteiger partial charge in [0.2, 0.25) is 5.91 Å². The number of rotatable bonds is 6. The molecule has 0 aliphatic rings. The highest BCUT2D eigenvalue weighted by molar-refractivity contribution is 7.11. The lowest BCUT2D eigenvalue weighted by molar-refractivity contribution is -0.134. The van der Waals surface area contributed by atoms with Crippen LogP contribution >= 0.6 is 36.2 Å². The SMILES string of the molecule is CCc1cnc(CN(C)C(=O)C(C)C(N)c2ccccc2)s1.Cl.Cl. The van der Waals surface area contributed by atoms with E-state index in [1.54, 1.807) is 16.2 Å². The van der Waals surface area contributed by atoms with Gasteiger partial charge in [0.15, 0.2) is 0 Å². The topological polar surface area (TPSA) is 59.2 Å². The number of halogens is 2. The lowest BCUT2D eigenvalue weighted by Crippen LogP contribution is -2.36. The number of hydrogen-bond donors (Lipinski definition) is 1. The van der Waals surface area contributed by atoms with E-state index in [1.807, 2.05) is 50.5 Å². The van der Waals surface area contributed by atoms with E-state index in [4.69, 9.17) is 5.73 Å². The fourth-order valence-electron chi connectivity index (χ4n) is 2.33. The molecule has 134 valence electrons. The van der Waals surface area contributed by atoms with Crippen LogP contribution in [0, 0.1) is 5.92 Å². The van der Waals surface area contributed by atoms with Crippen LogP contribution in [0.25, 0.3) is 0 Å². The van der Waals surface area contributed by atoms with Crippen LogP contribution in [0.4, 0.5) is 0 Å². The maximum Gasteiger partial charge on any atom is 0.227 e. The van der Waals surface area contributed by atoms with Crippen molar-refractivity contribution in [1.29, 1.82) is 0 Å². The summed E-state index contributed by atoms with van der Waals surface area (Å²) in [4.78, 5) is 19.9. The molecule has 0 aliphatic carbocycles. The summed E-state index contributed by atoms with van der Waals surface area (Å²) in [6.07, 6.45) is 2.86. The van der Waals surface area contributed by atoms with Gasteiger partial charge in [-0.2, -0.15) is 0 Å². The number of hydrogen-bond acceptors (Lipinski definition) is 4. The van der Waals surface area contributed by atoms with Crippen LogP contribution in [0.5, 0.6) is 0 Å². The zero-order valence-electron chi connectivity index (χ0n) is 14.1. The molecule has 0 bridgehead atoms. The average Bonchev–Trinajstić information content (AvgIpc) is 3.01. The Bertz CT molecular complexity index is 621. The number of thiazole rings is 1. The van der Waals surface area contributed by atoms with Gasteiger partial charge < -0.3 is 10.6 Å². The molecular weight excluding hydrogens is 365 g/mol. The monoisotopic (exact) mass is 389 g/mol. The fourth-order valence-corrected chi connectivity index (χ4v) is 3.25. The van der Waals surface area contributed by atoms with E-state index in [1.165, 1.54) is 4.88 Å². The maximum absolute atomic E-state index is 12.6. The Morgan fingerprint density at radius 3 is 2.46 bits per heavy atom. The highest BCUT2D eigenvalue weighted by Crippen LogP contribution is 2.22. The second-order valence-electron chi connectivity index (χ2n) is 5.49. The predicted molar refractivity (Wildman–Crippen MR) is 105 cm³/mol. The summed E-state index contributed by atoms with van der Waals surface area (Å²) in [5, 5.41) is 0.966. The van der Waals surface area contributed by atoms with E-state index in [0.717, 1.165) is 17.0 Å². The second-order valence-corrected chi connectivity index (χ2v) is 6.69. The van der Waals surface area contributed by atoms with Gasteiger partial charge in [-0.25, -0.2) is 4.98 Å². The van der Waals surface area contributed by atoms with Gasteiger partial charge in [0.25, 0.3) is 0 Å². The van der Waals surface area contributed by atoms with Gasteiger partial charge in [0, 0.05) is 24.2 Å². The van der Waals surface area contributed by atoms with Crippen LogP contribution in [0.3, 0.4) is 0 Å². The minimum Gasteiger partial charge on any atom is -0.339 e. The third-order valence-corrected chi connectivity index (χ3v) is 4.94. The molecule has 2 unspecified atom stereocenters. The third kappa shape index (κ3) is 5.74. The largest absolute Gasteiger partial charge is 0.339 e. The zero-order valence-corrected chi connectivity index (χ0v) is 16.6. The van der Waals surface area contributed by atoms with Crippen molar-refractivity contribution in [3.05, 3.63) is 52.0 Å². The molecule has 1 aromatic carbocycles. The van der Waals surface area contributed by atoms with Crippen LogP contribution in [-0.4, -0.2) is 22.8 Å². The molecule has 1 amide bonds. The van der Waals surface area contributed by atoms with Crippen LogP contribution in [0.1, 0.15) is 35.3 Å². The summed E-state index contributed by atoms with van der Waals surface area (Å²) in [6, 6.07) is 9.46. The molecule has 1 heterocycles.